The van der Waals surface area contributed by atoms with E-state index in [1.165, 1.54) is 6.92 Å². The third-order valence-electron chi connectivity index (χ3n) is 2.15. The highest BCUT2D eigenvalue weighted by molar-refractivity contribution is 7.88. The lowest BCUT2D eigenvalue weighted by Gasteiger charge is -2.09. The number of aryl methyl sites for hydroxylation is 1. The van der Waals surface area contributed by atoms with E-state index in [0.717, 1.165) is 6.26 Å². The summed E-state index contributed by atoms with van der Waals surface area (Å²) in [6.07, 6.45) is 1.01. The molecular weight excluding hydrogens is 290 g/mol. The van der Waals surface area contributed by atoms with E-state index in [1.807, 2.05) is 0 Å². The lowest BCUT2D eigenvalue weighted by molar-refractivity contribution is -0.385. The van der Waals surface area contributed by atoms with Crippen molar-refractivity contribution in [3.05, 3.63) is 15.8 Å². The molecule has 0 amide bonds. The first-order valence-corrected chi connectivity index (χ1v) is 7.32. The molecule has 0 aromatic carbocycles. The Morgan fingerprint density at radius 1 is 1.35 bits per heavy atom. The van der Waals surface area contributed by atoms with Crippen molar-refractivity contribution in [2.75, 3.05) is 30.1 Å². The Labute approximate surface area is 115 Å². The number of hydrogen-bond acceptors (Lipinski definition) is 9. The molecule has 112 valence electrons. The summed E-state index contributed by atoms with van der Waals surface area (Å²) >= 11 is 0. The van der Waals surface area contributed by atoms with Gasteiger partial charge in [-0.15, -0.1) is 0 Å². The van der Waals surface area contributed by atoms with Gasteiger partial charge in [0.1, 0.15) is 5.69 Å². The Morgan fingerprint density at radius 2 is 2.00 bits per heavy atom. The largest absolute Gasteiger partial charge is 0.363 e. The van der Waals surface area contributed by atoms with Gasteiger partial charge in [0.15, 0.2) is 0 Å². The third-order valence-corrected chi connectivity index (χ3v) is 2.88. The van der Waals surface area contributed by atoms with E-state index in [-0.39, 0.29) is 36.2 Å². The molecule has 0 atom stereocenters. The van der Waals surface area contributed by atoms with Crippen LogP contribution in [0.3, 0.4) is 0 Å². The Bertz CT molecular complexity index is 603. The van der Waals surface area contributed by atoms with Gasteiger partial charge in [0.05, 0.1) is 11.2 Å². The number of nitrogens with zero attached hydrogens (tertiary/aromatic N) is 3. The standard InChI is InChI=1S/C8H15N7O4S/c1-5-6(15(16)17)7(13-8(12-5)14-9)10-3-4-11-20(2,18)19/h11H,3-4,9H2,1-2H3,(H2,10,12,13,14). The minimum Gasteiger partial charge on any atom is -0.363 e. The van der Waals surface area contributed by atoms with Crippen molar-refractivity contribution in [3.8, 4) is 0 Å². The molecule has 1 aromatic heterocycles. The van der Waals surface area contributed by atoms with Gasteiger partial charge in [-0.2, -0.15) is 4.98 Å². The van der Waals surface area contributed by atoms with Crippen molar-refractivity contribution in [2.45, 2.75) is 6.92 Å². The highest BCUT2D eigenvalue weighted by Crippen LogP contribution is 2.25. The van der Waals surface area contributed by atoms with Crippen molar-refractivity contribution in [1.82, 2.24) is 14.7 Å². The molecule has 0 fully saturated rings. The number of sulfonamides is 1. The third kappa shape index (κ3) is 4.56. The highest BCUT2D eigenvalue weighted by Gasteiger charge is 2.21. The molecule has 0 unspecified atom stereocenters. The summed E-state index contributed by atoms with van der Waals surface area (Å²) in [6.45, 7) is 1.62. The molecule has 0 spiro atoms. The number of nitro groups is 1. The van der Waals surface area contributed by atoms with Gasteiger partial charge in [0.25, 0.3) is 0 Å². The SMILES string of the molecule is Cc1nc(NN)nc(NCCNS(C)(=O)=O)c1[N+](=O)[O-]. The number of hydrogen-bond donors (Lipinski definition) is 4. The van der Waals surface area contributed by atoms with Crippen molar-refractivity contribution >= 4 is 27.5 Å². The number of aromatic nitrogens is 2. The molecule has 12 heteroatoms. The summed E-state index contributed by atoms with van der Waals surface area (Å²) in [5.74, 6) is 5.15. The van der Waals surface area contributed by atoms with Gasteiger partial charge < -0.3 is 5.32 Å². The Morgan fingerprint density at radius 3 is 2.50 bits per heavy atom. The summed E-state index contributed by atoms with van der Waals surface area (Å²) in [4.78, 5) is 18.0. The Balaban J connectivity index is 2.87. The van der Waals surface area contributed by atoms with Crippen LogP contribution in [0.4, 0.5) is 17.5 Å². The van der Waals surface area contributed by atoms with E-state index in [1.54, 1.807) is 0 Å². The summed E-state index contributed by atoms with van der Waals surface area (Å²) in [6, 6.07) is 0. The monoisotopic (exact) mass is 305 g/mol. The fraction of sp³-hybridized carbons (Fsp3) is 0.500. The molecule has 1 heterocycles. The minimum atomic E-state index is -3.31. The van der Waals surface area contributed by atoms with Gasteiger partial charge in [-0.25, -0.2) is 24.0 Å². The van der Waals surface area contributed by atoms with E-state index in [2.05, 4.69) is 25.4 Å². The molecule has 0 radical (unpaired) electrons. The molecule has 1 rings (SSSR count). The topological polar surface area (TPSA) is 165 Å². The molecule has 0 aliphatic rings. The number of nitrogens with two attached hydrogens (primary N) is 1. The number of nitrogens with one attached hydrogen (secondary N) is 3. The van der Waals surface area contributed by atoms with Crippen LogP contribution < -0.4 is 21.3 Å². The van der Waals surface area contributed by atoms with E-state index in [9.17, 15) is 18.5 Å². The van der Waals surface area contributed by atoms with Crippen LogP contribution in [0.1, 0.15) is 5.69 Å². The van der Waals surface area contributed by atoms with Gasteiger partial charge in [-0.3, -0.25) is 15.5 Å². The predicted octanol–water partition coefficient (Wildman–Crippen LogP) is -1.06. The fourth-order valence-corrected chi connectivity index (χ4v) is 1.86. The van der Waals surface area contributed by atoms with E-state index >= 15 is 0 Å². The van der Waals surface area contributed by atoms with Gasteiger partial charge in [0.2, 0.25) is 21.8 Å². The average Bonchev–Trinajstić information content (AvgIpc) is 2.32. The Hall–Kier alpha value is -2.05. The second kappa shape index (κ2) is 6.40. The quantitative estimate of drug-likeness (QED) is 0.212. The average molecular weight is 305 g/mol. The second-order valence-electron chi connectivity index (χ2n) is 3.82. The summed E-state index contributed by atoms with van der Waals surface area (Å²) in [7, 11) is -3.31. The number of anilines is 2. The zero-order valence-corrected chi connectivity index (χ0v) is 11.7. The molecule has 0 bridgehead atoms. The van der Waals surface area contributed by atoms with Gasteiger partial charge in [-0.1, -0.05) is 0 Å². The molecule has 0 saturated heterocycles. The molecule has 0 saturated carbocycles. The molecule has 1 aromatic rings. The fourth-order valence-electron chi connectivity index (χ4n) is 1.39. The number of rotatable bonds is 7. The second-order valence-corrected chi connectivity index (χ2v) is 5.66. The first kappa shape index (κ1) is 16.0. The van der Waals surface area contributed by atoms with Crippen LogP contribution in [0.15, 0.2) is 0 Å². The number of nitrogen functional groups attached to an aromatic ring is 1. The van der Waals surface area contributed by atoms with Crippen molar-refractivity contribution in [1.29, 1.82) is 0 Å². The summed E-state index contributed by atoms with van der Waals surface area (Å²) in [5.41, 5.74) is 2.04. The zero-order chi connectivity index (χ0) is 15.3. The molecule has 11 nitrogen and oxygen atoms in total. The van der Waals surface area contributed by atoms with Crippen LogP contribution in [0.5, 0.6) is 0 Å². The first-order valence-electron chi connectivity index (χ1n) is 5.42. The molecule has 20 heavy (non-hydrogen) atoms. The molecule has 0 aliphatic carbocycles. The first-order chi connectivity index (χ1) is 9.24. The van der Waals surface area contributed by atoms with Gasteiger partial charge in [-0.05, 0) is 6.92 Å². The maximum atomic E-state index is 11.0. The van der Waals surface area contributed by atoms with Crippen molar-refractivity contribution in [3.63, 3.8) is 0 Å². The van der Waals surface area contributed by atoms with Crippen LogP contribution in [-0.4, -0.2) is 42.7 Å². The number of hydrazine groups is 1. The lowest BCUT2D eigenvalue weighted by Crippen LogP contribution is -2.28. The molecular formula is C8H15N7O4S. The van der Waals surface area contributed by atoms with Crippen LogP contribution in [0.2, 0.25) is 0 Å². The van der Waals surface area contributed by atoms with Crippen LogP contribution in [0, 0.1) is 17.0 Å². The summed E-state index contributed by atoms with van der Waals surface area (Å²) in [5, 5.41) is 13.6. The van der Waals surface area contributed by atoms with Crippen molar-refractivity contribution in [2.24, 2.45) is 5.84 Å². The van der Waals surface area contributed by atoms with Crippen LogP contribution in [-0.2, 0) is 10.0 Å². The lowest BCUT2D eigenvalue weighted by atomic mass is 10.3. The summed E-state index contributed by atoms with van der Waals surface area (Å²) < 4.78 is 24.0. The normalized spacial score (nSPS) is 11.2. The smallest absolute Gasteiger partial charge is 0.332 e. The molecule has 5 N–H and O–H groups in total. The maximum absolute atomic E-state index is 11.0. The maximum Gasteiger partial charge on any atom is 0.332 e. The Kier molecular flexibility index (Phi) is 5.12. The van der Waals surface area contributed by atoms with Crippen LogP contribution >= 0.6 is 0 Å². The van der Waals surface area contributed by atoms with E-state index < -0.39 is 14.9 Å². The zero-order valence-electron chi connectivity index (χ0n) is 10.9. The highest BCUT2D eigenvalue weighted by atomic mass is 32.2. The van der Waals surface area contributed by atoms with Crippen LogP contribution in [0.25, 0.3) is 0 Å². The van der Waals surface area contributed by atoms with Crippen molar-refractivity contribution < 1.29 is 13.3 Å². The predicted molar refractivity (Wildman–Crippen MR) is 72.6 cm³/mol. The minimum absolute atomic E-state index is 0.0201. The van der Waals surface area contributed by atoms with Gasteiger partial charge >= 0.3 is 5.69 Å². The van der Waals surface area contributed by atoms with E-state index in [0.29, 0.717) is 0 Å². The van der Waals surface area contributed by atoms with E-state index in [4.69, 9.17) is 5.84 Å². The van der Waals surface area contributed by atoms with Gasteiger partial charge in [0, 0.05) is 13.1 Å². The molecule has 0 aliphatic heterocycles.